The molecule has 0 radical (unpaired) electrons. The molecule has 2 rings (SSSR count). The largest absolute Gasteiger partial charge is 0.454 e. The van der Waals surface area contributed by atoms with Crippen molar-refractivity contribution >= 4 is 5.69 Å². The molecule has 0 bridgehead atoms. The van der Waals surface area contributed by atoms with Crippen molar-refractivity contribution in [3.05, 3.63) is 18.2 Å². The maximum atomic E-state index is 8.53. The second-order valence-electron chi connectivity index (χ2n) is 3.48. The van der Waals surface area contributed by atoms with E-state index >= 15 is 0 Å². The molecule has 15 heavy (non-hydrogen) atoms. The van der Waals surface area contributed by atoms with E-state index in [4.69, 9.17) is 14.7 Å². The van der Waals surface area contributed by atoms with Crippen molar-refractivity contribution in [1.82, 2.24) is 0 Å². The van der Waals surface area contributed by atoms with Gasteiger partial charge in [0.25, 0.3) is 0 Å². The van der Waals surface area contributed by atoms with Crippen LogP contribution >= 0.6 is 0 Å². The first-order chi connectivity index (χ1) is 7.29. The average molecular weight is 204 g/mol. The quantitative estimate of drug-likeness (QED) is 0.819. The lowest BCUT2D eigenvalue weighted by Crippen LogP contribution is -2.13. The van der Waals surface area contributed by atoms with Crippen LogP contribution in [0.25, 0.3) is 0 Å². The van der Waals surface area contributed by atoms with Gasteiger partial charge in [0.05, 0.1) is 12.5 Å². The molecule has 1 aromatic rings. The van der Waals surface area contributed by atoms with Crippen LogP contribution < -0.4 is 14.8 Å². The zero-order valence-electron chi connectivity index (χ0n) is 8.49. The van der Waals surface area contributed by atoms with Gasteiger partial charge in [0.15, 0.2) is 11.5 Å². The van der Waals surface area contributed by atoms with E-state index < -0.39 is 0 Å². The van der Waals surface area contributed by atoms with Crippen molar-refractivity contribution in [2.75, 3.05) is 12.1 Å². The lowest BCUT2D eigenvalue weighted by molar-refractivity contribution is 0.174. The molecular formula is C11H12N2O2. The predicted molar refractivity (Wildman–Crippen MR) is 55.9 cm³/mol. The van der Waals surface area contributed by atoms with E-state index in [9.17, 15) is 0 Å². The Hall–Kier alpha value is -1.89. The molecule has 0 saturated heterocycles. The van der Waals surface area contributed by atoms with Gasteiger partial charge in [0, 0.05) is 17.8 Å². The van der Waals surface area contributed by atoms with Crippen LogP contribution in [0.2, 0.25) is 0 Å². The van der Waals surface area contributed by atoms with Crippen LogP contribution in [0.3, 0.4) is 0 Å². The van der Waals surface area contributed by atoms with Crippen molar-refractivity contribution in [2.45, 2.75) is 19.4 Å². The summed E-state index contributed by atoms with van der Waals surface area (Å²) in [6.45, 7) is 2.25. The number of rotatable bonds is 3. The first-order valence-electron chi connectivity index (χ1n) is 4.83. The minimum absolute atomic E-state index is 0.135. The molecule has 1 aliphatic rings. The molecule has 78 valence electrons. The van der Waals surface area contributed by atoms with Gasteiger partial charge in [-0.2, -0.15) is 5.26 Å². The van der Waals surface area contributed by atoms with E-state index in [1.165, 1.54) is 0 Å². The van der Waals surface area contributed by atoms with Gasteiger partial charge in [-0.05, 0) is 19.1 Å². The van der Waals surface area contributed by atoms with Gasteiger partial charge in [0.2, 0.25) is 6.79 Å². The number of nitrogens with one attached hydrogen (secondary N) is 1. The monoisotopic (exact) mass is 204 g/mol. The zero-order chi connectivity index (χ0) is 10.7. The van der Waals surface area contributed by atoms with E-state index in [1.807, 2.05) is 25.1 Å². The van der Waals surface area contributed by atoms with Crippen LogP contribution in [-0.4, -0.2) is 12.8 Å². The summed E-state index contributed by atoms with van der Waals surface area (Å²) in [6, 6.07) is 7.92. The Kier molecular flexibility index (Phi) is 2.64. The molecule has 0 aromatic heterocycles. The first kappa shape index (κ1) is 9.66. The Labute approximate surface area is 88.4 Å². The molecule has 1 N–H and O–H groups in total. The third kappa shape index (κ3) is 2.13. The zero-order valence-corrected chi connectivity index (χ0v) is 8.49. The van der Waals surface area contributed by atoms with E-state index in [2.05, 4.69) is 11.4 Å². The molecule has 1 atom stereocenters. The second kappa shape index (κ2) is 4.09. The molecule has 0 spiro atoms. The van der Waals surface area contributed by atoms with Crippen molar-refractivity contribution in [1.29, 1.82) is 5.26 Å². The molecule has 4 heteroatoms. The van der Waals surface area contributed by atoms with Gasteiger partial charge >= 0.3 is 0 Å². The SMILES string of the molecule is CC(CC#N)Nc1ccc2c(c1)OCO2. The van der Waals surface area contributed by atoms with E-state index in [0.717, 1.165) is 17.2 Å². The number of nitrogens with zero attached hydrogens (tertiary/aromatic N) is 1. The minimum Gasteiger partial charge on any atom is -0.454 e. The molecule has 1 unspecified atom stereocenters. The Morgan fingerprint density at radius 2 is 2.27 bits per heavy atom. The molecule has 0 aliphatic carbocycles. The highest BCUT2D eigenvalue weighted by atomic mass is 16.7. The summed E-state index contributed by atoms with van der Waals surface area (Å²) in [5.74, 6) is 1.53. The van der Waals surface area contributed by atoms with Crippen LogP contribution in [0.1, 0.15) is 13.3 Å². The van der Waals surface area contributed by atoms with E-state index in [0.29, 0.717) is 6.42 Å². The van der Waals surface area contributed by atoms with Crippen LogP contribution in [0.15, 0.2) is 18.2 Å². The maximum absolute atomic E-state index is 8.53. The summed E-state index contributed by atoms with van der Waals surface area (Å²) in [6.07, 6.45) is 0.481. The maximum Gasteiger partial charge on any atom is 0.231 e. The fourth-order valence-corrected chi connectivity index (χ4v) is 1.46. The molecule has 0 fully saturated rings. The summed E-state index contributed by atoms with van der Waals surface area (Å²) in [5.41, 5.74) is 0.946. The van der Waals surface area contributed by atoms with Gasteiger partial charge in [-0.3, -0.25) is 0 Å². The highest BCUT2D eigenvalue weighted by molar-refractivity contribution is 5.55. The fourth-order valence-electron chi connectivity index (χ4n) is 1.46. The fraction of sp³-hybridized carbons (Fsp3) is 0.364. The van der Waals surface area contributed by atoms with Crippen molar-refractivity contribution < 1.29 is 9.47 Å². The average Bonchev–Trinajstić information content (AvgIpc) is 2.65. The number of fused-ring (bicyclic) bond motifs is 1. The summed E-state index contributed by atoms with van der Waals surface area (Å²) in [5, 5.41) is 11.7. The summed E-state index contributed by atoms with van der Waals surface area (Å²) in [7, 11) is 0. The Morgan fingerprint density at radius 3 is 3.07 bits per heavy atom. The number of hydrogen-bond donors (Lipinski definition) is 1. The Balaban J connectivity index is 2.07. The van der Waals surface area contributed by atoms with Gasteiger partial charge in [-0.15, -0.1) is 0 Å². The van der Waals surface area contributed by atoms with Gasteiger partial charge in [-0.1, -0.05) is 0 Å². The highest BCUT2D eigenvalue weighted by Crippen LogP contribution is 2.34. The number of ether oxygens (including phenoxy) is 2. The van der Waals surface area contributed by atoms with Gasteiger partial charge in [-0.25, -0.2) is 0 Å². The van der Waals surface area contributed by atoms with E-state index in [1.54, 1.807) is 0 Å². The van der Waals surface area contributed by atoms with Gasteiger partial charge in [0.1, 0.15) is 0 Å². The summed E-state index contributed by atoms with van der Waals surface area (Å²) in [4.78, 5) is 0. The molecular weight excluding hydrogens is 192 g/mol. The molecule has 1 heterocycles. The molecule has 0 amide bonds. The van der Waals surface area contributed by atoms with E-state index in [-0.39, 0.29) is 12.8 Å². The standard InChI is InChI=1S/C11H12N2O2/c1-8(4-5-12)13-9-2-3-10-11(6-9)15-7-14-10/h2-3,6,8,13H,4,7H2,1H3. The third-order valence-electron chi connectivity index (χ3n) is 2.18. The molecule has 4 nitrogen and oxygen atoms in total. The number of anilines is 1. The van der Waals surface area contributed by atoms with Crippen molar-refractivity contribution in [3.63, 3.8) is 0 Å². The van der Waals surface area contributed by atoms with Crippen molar-refractivity contribution in [3.8, 4) is 17.6 Å². The van der Waals surface area contributed by atoms with Gasteiger partial charge < -0.3 is 14.8 Å². The topological polar surface area (TPSA) is 54.3 Å². The smallest absolute Gasteiger partial charge is 0.231 e. The number of nitriles is 1. The van der Waals surface area contributed by atoms with Crippen LogP contribution in [0.4, 0.5) is 5.69 Å². The molecule has 0 saturated carbocycles. The van der Waals surface area contributed by atoms with Crippen molar-refractivity contribution in [2.24, 2.45) is 0 Å². The molecule has 1 aromatic carbocycles. The lowest BCUT2D eigenvalue weighted by atomic mass is 10.2. The highest BCUT2D eigenvalue weighted by Gasteiger charge is 2.13. The third-order valence-corrected chi connectivity index (χ3v) is 2.18. The predicted octanol–water partition coefficient (Wildman–Crippen LogP) is 2.13. The van der Waals surface area contributed by atoms with Crippen LogP contribution in [0.5, 0.6) is 11.5 Å². The normalized spacial score (nSPS) is 14.4. The Bertz CT molecular complexity index is 398. The Morgan fingerprint density at radius 1 is 1.47 bits per heavy atom. The van der Waals surface area contributed by atoms with Crippen LogP contribution in [-0.2, 0) is 0 Å². The summed E-state index contributed by atoms with van der Waals surface area (Å²) < 4.78 is 10.5. The number of hydrogen-bond acceptors (Lipinski definition) is 4. The molecule has 1 aliphatic heterocycles. The summed E-state index contributed by atoms with van der Waals surface area (Å²) >= 11 is 0. The minimum atomic E-state index is 0.135. The second-order valence-corrected chi connectivity index (χ2v) is 3.48. The number of benzene rings is 1. The van der Waals surface area contributed by atoms with Crippen LogP contribution in [0, 0.1) is 11.3 Å². The lowest BCUT2D eigenvalue weighted by Gasteiger charge is -2.11. The first-order valence-corrected chi connectivity index (χ1v) is 4.83.